The third-order valence-corrected chi connectivity index (χ3v) is 3.51. The summed E-state index contributed by atoms with van der Waals surface area (Å²) in [6, 6.07) is 8.83. The van der Waals surface area contributed by atoms with Gasteiger partial charge in [0.05, 0.1) is 13.2 Å². The molecule has 0 saturated carbocycles. The average molecular weight is 249 g/mol. The van der Waals surface area contributed by atoms with Crippen LogP contribution in [0.3, 0.4) is 0 Å². The summed E-state index contributed by atoms with van der Waals surface area (Å²) in [6.45, 7) is 4.03. The lowest BCUT2D eigenvalue weighted by Gasteiger charge is -2.28. The van der Waals surface area contributed by atoms with E-state index < -0.39 is 0 Å². The van der Waals surface area contributed by atoms with Crippen LogP contribution in [0.5, 0.6) is 5.75 Å². The minimum absolute atomic E-state index is 0.391. The molecule has 1 aromatic rings. The van der Waals surface area contributed by atoms with Crippen LogP contribution in [0.4, 0.5) is 0 Å². The fraction of sp³-hybridized carbons (Fsp3) is 0.600. The van der Waals surface area contributed by atoms with Crippen molar-refractivity contribution in [2.45, 2.75) is 38.3 Å². The molecule has 2 atom stereocenters. The summed E-state index contributed by atoms with van der Waals surface area (Å²) in [5.74, 6) is 0.986. The Bertz CT molecular complexity index is 367. The van der Waals surface area contributed by atoms with Crippen molar-refractivity contribution in [2.75, 3.05) is 20.3 Å². The zero-order valence-electron chi connectivity index (χ0n) is 11.3. The van der Waals surface area contributed by atoms with Gasteiger partial charge in [-0.15, -0.1) is 0 Å². The molecular weight excluding hydrogens is 226 g/mol. The van der Waals surface area contributed by atoms with Crippen LogP contribution < -0.4 is 10.1 Å². The largest absolute Gasteiger partial charge is 0.496 e. The molecule has 0 amide bonds. The Morgan fingerprint density at radius 3 is 3.00 bits per heavy atom. The smallest absolute Gasteiger partial charge is 0.122 e. The van der Waals surface area contributed by atoms with Gasteiger partial charge in [-0.1, -0.05) is 18.2 Å². The summed E-state index contributed by atoms with van der Waals surface area (Å²) in [5.41, 5.74) is 1.27. The van der Waals surface area contributed by atoms with Gasteiger partial charge in [0.1, 0.15) is 5.75 Å². The molecular formula is C15H23NO2. The van der Waals surface area contributed by atoms with Crippen molar-refractivity contribution in [1.29, 1.82) is 0 Å². The zero-order valence-corrected chi connectivity index (χ0v) is 11.3. The molecule has 3 heteroatoms. The van der Waals surface area contributed by atoms with Crippen LogP contribution in [0.15, 0.2) is 24.3 Å². The van der Waals surface area contributed by atoms with Gasteiger partial charge in [0, 0.05) is 12.6 Å². The van der Waals surface area contributed by atoms with Crippen molar-refractivity contribution in [3.05, 3.63) is 29.8 Å². The maximum Gasteiger partial charge on any atom is 0.122 e. The molecule has 1 aromatic carbocycles. The molecule has 1 saturated heterocycles. The SMILES string of the molecule is COc1ccccc1CCNC1CCOC(C)C1. The first-order valence-electron chi connectivity index (χ1n) is 6.76. The van der Waals surface area contributed by atoms with Crippen molar-refractivity contribution >= 4 is 0 Å². The second-order valence-corrected chi connectivity index (χ2v) is 4.92. The molecule has 0 spiro atoms. The number of benzene rings is 1. The van der Waals surface area contributed by atoms with Gasteiger partial charge in [0.25, 0.3) is 0 Å². The fourth-order valence-electron chi connectivity index (χ4n) is 2.50. The first-order chi connectivity index (χ1) is 8.79. The summed E-state index contributed by atoms with van der Waals surface area (Å²) in [4.78, 5) is 0. The Morgan fingerprint density at radius 1 is 1.39 bits per heavy atom. The highest BCUT2D eigenvalue weighted by atomic mass is 16.5. The minimum atomic E-state index is 0.391. The standard InChI is InChI=1S/C15H23NO2/c1-12-11-14(8-10-18-12)16-9-7-13-5-3-4-6-15(13)17-2/h3-6,12,14,16H,7-11H2,1-2H3. The van der Waals surface area contributed by atoms with Crippen LogP contribution in [0, 0.1) is 0 Å². The van der Waals surface area contributed by atoms with Crippen molar-refractivity contribution in [2.24, 2.45) is 0 Å². The molecule has 2 rings (SSSR count). The van der Waals surface area contributed by atoms with E-state index in [1.807, 2.05) is 12.1 Å². The Labute approximate surface area is 109 Å². The number of hydrogen-bond acceptors (Lipinski definition) is 3. The molecule has 1 aliphatic rings. The fourth-order valence-corrected chi connectivity index (χ4v) is 2.50. The molecule has 100 valence electrons. The van der Waals surface area contributed by atoms with Crippen LogP contribution >= 0.6 is 0 Å². The number of nitrogens with one attached hydrogen (secondary N) is 1. The van der Waals surface area contributed by atoms with Gasteiger partial charge in [-0.3, -0.25) is 0 Å². The van der Waals surface area contributed by atoms with E-state index in [-0.39, 0.29) is 0 Å². The monoisotopic (exact) mass is 249 g/mol. The van der Waals surface area contributed by atoms with Crippen LogP contribution in [0.2, 0.25) is 0 Å². The van der Waals surface area contributed by atoms with Crippen molar-refractivity contribution in [3.8, 4) is 5.75 Å². The molecule has 0 radical (unpaired) electrons. The normalized spacial score (nSPS) is 23.9. The van der Waals surface area contributed by atoms with Crippen molar-refractivity contribution in [1.82, 2.24) is 5.32 Å². The molecule has 1 N–H and O–H groups in total. The lowest BCUT2D eigenvalue weighted by molar-refractivity contribution is 0.0135. The molecule has 18 heavy (non-hydrogen) atoms. The van der Waals surface area contributed by atoms with Crippen LogP contribution in [0.1, 0.15) is 25.3 Å². The molecule has 1 aliphatic heterocycles. The predicted molar refractivity (Wildman–Crippen MR) is 73.1 cm³/mol. The van der Waals surface area contributed by atoms with E-state index in [2.05, 4.69) is 24.4 Å². The van der Waals surface area contributed by atoms with E-state index in [4.69, 9.17) is 9.47 Å². The van der Waals surface area contributed by atoms with Crippen molar-refractivity contribution in [3.63, 3.8) is 0 Å². The van der Waals surface area contributed by atoms with E-state index in [0.29, 0.717) is 12.1 Å². The van der Waals surface area contributed by atoms with E-state index >= 15 is 0 Å². The molecule has 0 aliphatic carbocycles. The molecule has 1 fully saturated rings. The topological polar surface area (TPSA) is 30.5 Å². The Morgan fingerprint density at radius 2 is 2.22 bits per heavy atom. The Hall–Kier alpha value is -1.06. The van der Waals surface area contributed by atoms with Crippen molar-refractivity contribution < 1.29 is 9.47 Å². The Balaban J connectivity index is 1.77. The number of methoxy groups -OCH3 is 1. The van der Waals surface area contributed by atoms with Gasteiger partial charge in [-0.05, 0) is 44.4 Å². The first-order valence-corrected chi connectivity index (χ1v) is 6.76. The van der Waals surface area contributed by atoms with Gasteiger partial charge >= 0.3 is 0 Å². The van der Waals surface area contributed by atoms with Gasteiger partial charge < -0.3 is 14.8 Å². The number of para-hydroxylation sites is 1. The maximum atomic E-state index is 5.55. The summed E-state index contributed by atoms with van der Waals surface area (Å²) >= 11 is 0. The number of ether oxygens (including phenoxy) is 2. The van der Waals surface area contributed by atoms with E-state index in [1.165, 1.54) is 5.56 Å². The summed E-state index contributed by atoms with van der Waals surface area (Å²) in [6.07, 6.45) is 3.64. The quantitative estimate of drug-likeness (QED) is 0.869. The lowest BCUT2D eigenvalue weighted by atomic mass is 10.0. The summed E-state index contributed by atoms with van der Waals surface area (Å²) < 4.78 is 10.9. The highest BCUT2D eigenvalue weighted by Crippen LogP contribution is 2.18. The van der Waals surface area contributed by atoms with Gasteiger partial charge in [-0.25, -0.2) is 0 Å². The first kappa shape index (κ1) is 13.4. The Kier molecular flexibility index (Phi) is 5.02. The molecule has 0 aromatic heterocycles. The number of rotatable bonds is 5. The second kappa shape index (κ2) is 6.76. The third-order valence-electron chi connectivity index (χ3n) is 3.51. The number of hydrogen-bond donors (Lipinski definition) is 1. The maximum absolute atomic E-state index is 5.55. The van der Waals surface area contributed by atoms with Crippen LogP contribution in [-0.2, 0) is 11.2 Å². The predicted octanol–water partition coefficient (Wildman–Crippen LogP) is 2.39. The summed E-state index contributed by atoms with van der Waals surface area (Å²) in [7, 11) is 1.73. The van der Waals surface area contributed by atoms with E-state index in [1.54, 1.807) is 7.11 Å². The van der Waals surface area contributed by atoms with Gasteiger partial charge in [-0.2, -0.15) is 0 Å². The highest BCUT2D eigenvalue weighted by molar-refractivity contribution is 5.33. The van der Waals surface area contributed by atoms with Crippen LogP contribution in [0.25, 0.3) is 0 Å². The molecule has 3 nitrogen and oxygen atoms in total. The minimum Gasteiger partial charge on any atom is -0.496 e. The highest BCUT2D eigenvalue weighted by Gasteiger charge is 2.18. The average Bonchev–Trinajstić information content (AvgIpc) is 2.39. The third kappa shape index (κ3) is 3.72. The van der Waals surface area contributed by atoms with Gasteiger partial charge in [0.15, 0.2) is 0 Å². The molecule has 2 unspecified atom stereocenters. The van der Waals surface area contributed by atoms with E-state index in [0.717, 1.165) is 38.2 Å². The molecule has 1 heterocycles. The van der Waals surface area contributed by atoms with E-state index in [9.17, 15) is 0 Å². The zero-order chi connectivity index (χ0) is 12.8. The van der Waals surface area contributed by atoms with Crippen LogP contribution in [-0.4, -0.2) is 32.4 Å². The summed E-state index contributed by atoms with van der Waals surface area (Å²) in [5, 5.41) is 3.62. The lowest BCUT2D eigenvalue weighted by Crippen LogP contribution is -2.38. The van der Waals surface area contributed by atoms with Gasteiger partial charge in [0.2, 0.25) is 0 Å². The second-order valence-electron chi connectivity index (χ2n) is 4.92. The molecule has 0 bridgehead atoms.